The lowest BCUT2D eigenvalue weighted by Crippen LogP contribution is -2.37. The van der Waals surface area contributed by atoms with Gasteiger partial charge in [-0.2, -0.15) is 0 Å². The van der Waals surface area contributed by atoms with Crippen LogP contribution in [0.3, 0.4) is 0 Å². The van der Waals surface area contributed by atoms with Crippen molar-refractivity contribution in [1.29, 1.82) is 0 Å². The molecular formula is C13H18ClNOS. The highest BCUT2D eigenvalue weighted by atomic mass is 35.5. The van der Waals surface area contributed by atoms with Crippen molar-refractivity contribution in [2.24, 2.45) is 11.7 Å². The minimum absolute atomic E-state index is 0.118. The molecule has 0 aromatic heterocycles. The molecule has 0 saturated heterocycles. The van der Waals surface area contributed by atoms with Crippen LogP contribution in [0.25, 0.3) is 0 Å². The quantitative estimate of drug-likeness (QED) is 0.836. The fourth-order valence-electron chi connectivity index (χ4n) is 1.88. The number of aliphatic hydroxyl groups excluding tert-OH is 1. The van der Waals surface area contributed by atoms with Gasteiger partial charge in [0.15, 0.2) is 0 Å². The van der Waals surface area contributed by atoms with Gasteiger partial charge in [-0.05, 0) is 30.4 Å². The van der Waals surface area contributed by atoms with Crippen LogP contribution in [0.4, 0.5) is 0 Å². The van der Waals surface area contributed by atoms with Crippen LogP contribution in [-0.2, 0) is 5.75 Å². The lowest BCUT2D eigenvalue weighted by atomic mass is 10.1. The SMILES string of the molecule is NC(C1CC1)C(CO)SCc1ccccc1Cl. The average Bonchev–Trinajstić information content (AvgIpc) is 3.15. The Morgan fingerprint density at radius 2 is 2.12 bits per heavy atom. The fraction of sp³-hybridized carbons (Fsp3) is 0.538. The van der Waals surface area contributed by atoms with Gasteiger partial charge in [0.25, 0.3) is 0 Å². The smallest absolute Gasteiger partial charge is 0.0565 e. The van der Waals surface area contributed by atoms with Crippen LogP contribution in [0, 0.1) is 5.92 Å². The van der Waals surface area contributed by atoms with Crippen LogP contribution in [0.1, 0.15) is 18.4 Å². The number of hydrogen-bond acceptors (Lipinski definition) is 3. The number of aliphatic hydroxyl groups is 1. The van der Waals surface area contributed by atoms with E-state index in [0.717, 1.165) is 16.3 Å². The Hall–Kier alpha value is -0.220. The van der Waals surface area contributed by atoms with E-state index >= 15 is 0 Å². The summed E-state index contributed by atoms with van der Waals surface area (Å²) in [5.41, 5.74) is 7.23. The van der Waals surface area contributed by atoms with Crippen LogP contribution in [-0.4, -0.2) is 23.0 Å². The standard InChI is InChI=1S/C13H18ClNOS/c14-11-4-2-1-3-10(11)8-17-12(7-16)13(15)9-5-6-9/h1-4,9,12-13,16H,5-8,15H2. The Balaban J connectivity index is 1.89. The van der Waals surface area contributed by atoms with Crippen LogP contribution >= 0.6 is 23.4 Å². The van der Waals surface area contributed by atoms with Gasteiger partial charge in [0.2, 0.25) is 0 Å². The normalized spacial score (nSPS) is 19.0. The predicted molar refractivity (Wildman–Crippen MR) is 74.3 cm³/mol. The zero-order chi connectivity index (χ0) is 12.3. The zero-order valence-electron chi connectivity index (χ0n) is 9.68. The van der Waals surface area contributed by atoms with Gasteiger partial charge in [-0.1, -0.05) is 29.8 Å². The van der Waals surface area contributed by atoms with Gasteiger partial charge in [-0.25, -0.2) is 0 Å². The first kappa shape index (κ1) is 13.2. The van der Waals surface area contributed by atoms with Crippen molar-refractivity contribution in [3.05, 3.63) is 34.9 Å². The Kier molecular flexibility index (Phi) is 4.74. The second-order valence-corrected chi connectivity index (χ2v) is 6.17. The van der Waals surface area contributed by atoms with Crippen LogP contribution in [0.15, 0.2) is 24.3 Å². The summed E-state index contributed by atoms with van der Waals surface area (Å²) in [5.74, 6) is 1.43. The molecule has 1 saturated carbocycles. The molecular weight excluding hydrogens is 254 g/mol. The average molecular weight is 272 g/mol. The summed E-state index contributed by atoms with van der Waals surface area (Å²) in [6.45, 7) is 0.146. The van der Waals surface area contributed by atoms with Gasteiger partial charge in [-0.15, -0.1) is 11.8 Å². The van der Waals surface area contributed by atoms with Crippen LogP contribution in [0.5, 0.6) is 0 Å². The molecule has 1 aliphatic rings. The first-order valence-electron chi connectivity index (χ1n) is 5.94. The molecule has 94 valence electrons. The molecule has 2 unspecified atom stereocenters. The maximum Gasteiger partial charge on any atom is 0.0565 e. The van der Waals surface area contributed by atoms with Gasteiger partial charge >= 0.3 is 0 Å². The maximum absolute atomic E-state index is 9.39. The Bertz CT molecular complexity index is 370. The Labute approximate surface area is 112 Å². The third-order valence-electron chi connectivity index (χ3n) is 3.19. The number of thioether (sulfide) groups is 1. The highest BCUT2D eigenvalue weighted by Gasteiger charge is 2.33. The molecule has 1 fully saturated rings. The molecule has 3 N–H and O–H groups in total. The number of hydrogen-bond donors (Lipinski definition) is 2. The summed E-state index contributed by atoms with van der Waals surface area (Å²) in [6.07, 6.45) is 2.43. The second kappa shape index (κ2) is 6.10. The summed E-state index contributed by atoms with van der Waals surface area (Å²) < 4.78 is 0. The maximum atomic E-state index is 9.39. The molecule has 0 radical (unpaired) electrons. The lowest BCUT2D eigenvalue weighted by Gasteiger charge is -2.21. The van der Waals surface area contributed by atoms with E-state index in [9.17, 15) is 5.11 Å². The van der Waals surface area contributed by atoms with E-state index in [-0.39, 0.29) is 17.9 Å². The molecule has 0 spiro atoms. The molecule has 2 rings (SSSR count). The second-order valence-electron chi connectivity index (χ2n) is 4.54. The van der Waals surface area contributed by atoms with Crippen molar-refractivity contribution < 1.29 is 5.11 Å². The largest absolute Gasteiger partial charge is 0.395 e. The van der Waals surface area contributed by atoms with Gasteiger partial charge in [0, 0.05) is 22.1 Å². The fourth-order valence-corrected chi connectivity index (χ4v) is 3.36. The number of halogens is 1. The highest BCUT2D eigenvalue weighted by Crippen LogP contribution is 2.36. The number of benzene rings is 1. The van der Waals surface area contributed by atoms with Crippen molar-refractivity contribution >= 4 is 23.4 Å². The van der Waals surface area contributed by atoms with Gasteiger partial charge in [0.1, 0.15) is 0 Å². The minimum Gasteiger partial charge on any atom is -0.395 e. The van der Waals surface area contributed by atoms with Gasteiger partial charge in [-0.3, -0.25) is 0 Å². The van der Waals surface area contributed by atoms with E-state index in [2.05, 4.69) is 0 Å². The first-order chi connectivity index (χ1) is 8.22. The van der Waals surface area contributed by atoms with E-state index < -0.39 is 0 Å². The van der Waals surface area contributed by atoms with Gasteiger partial charge < -0.3 is 10.8 Å². The third-order valence-corrected chi connectivity index (χ3v) is 4.92. The molecule has 2 atom stereocenters. The molecule has 1 aliphatic carbocycles. The Morgan fingerprint density at radius 1 is 1.41 bits per heavy atom. The lowest BCUT2D eigenvalue weighted by molar-refractivity contribution is 0.277. The molecule has 0 heterocycles. The van der Waals surface area contributed by atoms with E-state index in [4.69, 9.17) is 17.3 Å². The van der Waals surface area contributed by atoms with Crippen molar-refractivity contribution in [2.45, 2.75) is 29.9 Å². The summed E-state index contributed by atoms with van der Waals surface area (Å²) in [6, 6.07) is 7.94. The minimum atomic E-state index is 0.118. The number of rotatable bonds is 6. The van der Waals surface area contributed by atoms with Crippen molar-refractivity contribution in [2.75, 3.05) is 6.61 Å². The van der Waals surface area contributed by atoms with E-state index in [1.54, 1.807) is 11.8 Å². The Morgan fingerprint density at radius 3 is 2.71 bits per heavy atom. The van der Waals surface area contributed by atoms with E-state index in [1.807, 2.05) is 24.3 Å². The zero-order valence-corrected chi connectivity index (χ0v) is 11.3. The molecule has 1 aromatic carbocycles. The van der Waals surface area contributed by atoms with Crippen LogP contribution < -0.4 is 5.73 Å². The predicted octanol–water partition coefficient (Wildman–Crippen LogP) is 2.67. The summed E-state index contributed by atoms with van der Waals surface area (Å²) >= 11 is 7.80. The summed E-state index contributed by atoms with van der Waals surface area (Å²) in [5, 5.41) is 10.3. The third kappa shape index (κ3) is 3.62. The molecule has 0 amide bonds. The molecule has 0 aliphatic heterocycles. The molecule has 2 nitrogen and oxygen atoms in total. The summed E-state index contributed by atoms with van der Waals surface area (Å²) in [4.78, 5) is 0. The van der Waals surface area contributed by atoms with Crippen molar-refractivity contribution in [1.82, 2.24) is 0 Å². The number of nitrogens with two attached hydrogens (primary N) is 1. The van der Waals surface area contributed by atoms with E-state index in [0.29, 0.717) is 5.92 Å². The molecule has 17 heavy (non-hydrogen) atoms. The molecule has 4 heteroatoms. The first-order valence-corrected chi connectivity index (χ1v) is 7.36. The molecule has 0 bridgehead atoms. The van der Waals surface area contributed by atoms with Crippen LogP contribution in [0.2, 0.25) is 5.02 Å². The topological polar surface area (TPSA) is 46.2 Å². The van der Waals surface area contributed by atoms with Crippen molar-refractivity contribution in [3.63, 3.8) is 0 Å². The van der Waals surface area contributed by atoms with Crippen molar-refractivity contribution in [3.8, 4) is 0 Å². The molecule has 1 aromatic rings. The summed E-state index contributed by atoms with van der Waals surface area (Å²) in [7, 11) is 0. The van der Waals surface area contributed by atoms with E-state index in [1.165, 1.54) is 12.8 Å². The monoisotopic (exact) mass is 271 g/mol. The van der Waals surface area contributed by atoms with Gasteiger partial charge in [0.05, 0.1) is 6.61 Å². The highest BCUT2D eigenvalue weighted by molar-refractivity contribution is 7.99.